The van der Waals surface area contributed by atoms with Crippen molar-refractivity contribution in [3.63, 3.8) is 0 Å². The number of hydrogen-bond donors (Lipinski definition) is 0. The normalized spacial score (nSPS) is 12.0. The highest BCUT2D eigenvalue weighted by Crippen LogP contribution is 2.16. The van der Waals surface area contributed by atoms with Gasteiger partial charge in [-0.2, -0.15) is 5.26 Å². The fraction of sp³-hybridized carbons (Fsp3) is 0.429. The van der Waals surface area contributed by atoms with Crippen LogP contribution in [0.2, 0.25) is 5.02 Å². The second-order valence-electron chi connectivity index (χ2n) is 4.70. The molecule has 0 aliphatic rings. The van der Waals surface area contributed by atoms with Gasteiger partial charge in [0.25, 0.3) is 5.91 Å². The fourth-order valence-electron chi connectivity index (χ4n) is 1.71. The molecular formula is C14H17ClN2O. The SMILES string of the molecule is CC(C)CC(C#N)N(C)C(=O)c1cccc(Cl)c1. The smallest absolute Gasteiger partial charge is 0.254 e. The Balaban J connectivity index is 2.86. The number of amides is 1. The molecule has 0 bridgehead atoms. The van der Waals surface area contributed by atoms with Gasteiger partial charge in [0.05, 0.1) is 6.07 Å². The first-order chi connectivity index (χ1) is 8.45. The van der Waals surface area contributed by atoms with Crippen LogP contribution in [0.5, 0.6) is 0 Å². The molecule has 3 nitrogen and oxygen atoms in total. The molecule has 18 heavy (non-hydrogen) atoms. The van der Waals surface area contributed by atoms with Gasteiger partial charge in [0.15, 0.2) is 0 Å². The van der Waals surface area contributed by atoms with E-state index in [-0.39, 0.29) is 5.91 Å². The summed E-state index contributed by atoms with van der Waals surface area (Å²) in [6.45, 7) is 4.06. The van der Waals surface area contributed by atoms with Crippen LogP contribution >= 0.6 is 11.6 Å². The van der Waals surface area contributed by atoms with Crippen molar-refractivity contribution in [3.8, 4) is 6.07 Å². The molecule has 1 unspecified atom stereocenters. The standard InChI is InChI=1S/C14H17ClN2O/c1-10(2)7-13(9-16)17(3)14(18)11-5-4-6-12(15)8-11/h4-6,8,10,13H,7H2,1-3H3. The van der Waals surface area contributed by atoms with Gasteiger partial charge in [-0.15, -0.1) is 0 Å². The van der Waals surface area contributed by atoms with Crippen LogP contribution in [0.3, 0.4) is 0 Å². The van der Waals surface area contributed by atoms with Crippen LogP contribution in [0.15, 0.2) is 24.3 Å². The van der Waals surface area contributed by atoms with Crippen molar-refractivity contribution in [1.29, 1.82) is 5.26 Å². The second kappa shape index (κ2) is 6.42. The van der Waals surface area contributed by atoms with Gasteiger partial charge in [0.2, 0.25) is 0 Å². The molecule has 0 fully saturated rings. The number of carbonyl (C=O) groups is 1. The average molecular weight is 265 g/mol. The summed E-state index contributed by atoms with van der Waals surface area (Å²) in [4.78, 5) is 13.7. The molecule has 96 valence electrons. The van der Waals surface area contributed by atoms with Crippen molar-refractivity contribution < 1.29 is 4.79 Å². The van der Waals surface area contributed by atoms with E-state index in [4.69, 9.17) is 16.9 Å². The molecule has 0 saturated heterocycles. The molecule has 4 heteroatoms. The Morgan fingerprint density at radius 3 is 2.67 bits per heavy atom. The third kappa shape index (κ3) is 3.75. The fourth-order valence-corrected chi connectivity index (χ4v) is 1.90. The Bertz CT molecular complexity index is 465. The van der Waals surface area contributed by atoms with Gasteiger partial charge in [0.1, 0.15) is 6.04 Å². The highest BCUT2D eigenvalue weighted by molar-refractivity contribution is 6.30. The van der Waals surface area contributed by atoms with E-state index >= 15 is 0 Å². The summed E-state index contributed by atoms with van der Waals surface area (Å²) in [6, 6.07) is 8.53. The van der Waals surface area contributed by atoms with E-state index < -0.39 is 6.04 Å². The van der Waals surface area contributed by atoms with Crippen LogP contribution in [0.4, 0.5) is 0 Å². The summed E-state index contributed by atoms with van der Waals surface area (Å²) in [6.07, 6.45) is 0.666. The summed E-state index contributed by atoms with van der Waals surface area (Å²) in [5.74, 6) is 0.189. The minimum atomic E-state index is -0.406. The van der Waals surface area contributed by atoms with Crippen molar-refractivity contribution in [2.45, 2.75) is 26.3 Å². The van der Waals surface area contributed by atoms with Crippen LogP contribution in [0, 0.1) is 17.2 Å². The first kappa shape index (κ1) is 14.5. The van der Waals surface area contributed by atoms with Crippen LogP contribution in [0.1, 0.15) is 30.6 Å². The van der Waals surface area contributed by atoms with Gasteiger partial charge in [0, 0.05) is 17.6 Å². The summed E-state index contributed by atoms with van der Waals surface area (Å²) in [5, 5.41) is 9.65. The van der Waals surface area contributed by atoms with Crippen LogP contribution in [-0.2, 0) is 0 Å². The lowest BCUT2D eigenvalue weighted by Gasteiger charge is -2.24. The molecule has 0 spiro atoms. The molecule has 0 heterocycles. The number of nitriles is 1. The topological polar surface area (TPSA) is 44.1 Å². The largest absolute Gasteiger partial charge is 0.326 e. The summed E-state index contributed by atoms with van der Waals surface area (Å²) in [5.41, 5.74) is 0.508. The number of carbonyl (C=O) groups excluding carboxylic acids is 1. The zero-order valence-corrected chi connectivity index (χ0v) is 11.6. The van der Waals surface area contributed by atoms with Crippen molar-refractivity contribution in [2.24, 2.45) is 5.92 Å². The highest BCUT2D eigenvalue weighted by atomic mass is 35.5. The maximum Gasteiger partial charge on any atom is 0.254 e. The Hall–Kier alpha value is -1.53. The van der Waals surface area contributed by atoms with Gasteiger partial charge in [-0.1, -0.05) is 31.5 Å². The molecule has 0 aromatic heterocycles. The maximum absolute atomic E-state index is 12.2. The Morgan fingerprint density at radius 2 is 2.17 bits per heavy atom. The van der Waals surface area contributed by atoms with Gasteiger partial charge in [-0.3, -0.25) is 4.79 Å². The predicted molar refractivity (Wildman–Crippen MR) is 72.4 cm³/mol. The monoisotopic (exact) mass is 264 g/mol. The van der Waals surface area contributed by atoms with Gasteiger partial charge in [-0.25, -0.2) is 0 Å². The van der Waals surface area contributed by atoms with Crippen LogP contribution in [0.25, 0.3) is 0 Å². The lowest BCUT2D eigenvalue weighted by atomic mass is 10.0. The molecule has 1 rings (SSSR count). The second-order valence-corrected chi connectivity index (χ2v) is 5.14. The quantitative estimate of drug-likeness (QED) is 0.837. The van der Waals surface area contributed by atoms with E-state index in [9.17, 15) is 4.79 Å². The number of halogens is 1. The van der Waals surface area contributed by atoms with E-state index in [1.54, 1.807) is 31.3 Å². The maximum atomic E-state index is 12.2. The van der Waals surface area contributed by atoms with Gasteiger partial charge >= 0.3 is 0 Å². The molecule has 1 aromatic rings. The van der Waals surface area contributed by atoms with Crippen molar-refractivity contribution in [1.82, 2.24) is 4.90 Å². The van der Waals surface area contributed by atoms with Crippen LogP contribution < -0.4 is 0 Å². The van der Waals surface area contributed by atoms with Crippen molar-refractivity contribution >= 4 is 17.5 Å². The Labute approximate surface area is 113 Å². The molecule has 0 saturated carbocycles. The number of hydrogen-bond acceptors (Lipinski definition) is 2. The number of rotatable bonds is 4. The zero-order chi connectivity index (χ0) is 13.7. The molecule has 1 aromatic carbocycles. The van der Waals surface area contributed by atoms with E-state index in [2.05, 4.69) is 6.07 Å². The lowest BCUT2D eigenvalue weighted by molar-refractivity contribution is 0.0752. The number of nitrogens with zero attached hydrogens (tertiary/aromatic N) is 2. The van der Waals surface area contributed by atoms with Crippen LogP contribution in [-0.4, -0.2) is 23.9 Å². The van der Waals surface area contributed by atoms with E-state index in [0.717, 1.165) is 0 Å². The summed E-state index contributed by atoms with van der Waals surface area (Å²) < 4.78 is 0. The molecule has 1 atom stereocenters. The minimum absolute atomic E-state index is 0.176. The number of benzene rings is 1. The van der Waals surface area contributed by atoms with Gasteiger partial charge in [-0.05, 0) is 30.5 Å². The lowest BCUT2D eigenvalue weighted by Crippen LogP contribution is -2.37. The minimum Gasteiger partial charge on any atom is -0.326 e. The molecule has 0 aliphatic heterocycles. The van der Waals surface area contributed by atoms with Gasteiger partial charge < -0.3 is 4.90 Å². The van der Waals surface area contributed by atoms with E-state index in [0.29, 0.717) is 22.9 Å². The highest BCUT2D eigenvalue weighted by Gasteiger charge is 2.21. The summed E-state index contributed by atoms with van der Waals surface area (Å²) in [7, 11) is 1.65. The third-order valence-corrected chi connectivity index (χ3v) is 2.94. The first-order valence-corrected chi connectivity index (χ1v) is 6.25. The average Bonchev–Trinajstić information content (AvgIpc) is 2.34. The predicted octanol–water partition coefficient (Wildman–Crippen LogP) is 3.35. The van der Waals surface area contributed by atoms with Crippen molar-refractivity contribution in [3.05, 3.63) is 34.9 Å². The Kier molecular flexibility index (Phi) is 5.18. The van der Waals surface area contributed by atoms with Crippen molar-refractivity contribution in [2.75, 3.05) is 7.05 Å². The molecule has 0 N–H and O–H groups in total. The third-order valence-electron chi connectivity index (χ3n) is 2.70. The molecule has 1 amide bonds. The molecule has 0 radical (unpaired) electrons. The summed E-state index contributed by atoms with van der Waals surface area (Å²) >= 11 is 5.86. The zero-order valence-electron chi connectivity index (χ0n) is 10.9. The molecular weight excluding hydrogens is 248 g/mol. The van der Waals surface area contributed by atoms with E-state index in [1.807, 2.05) is 13.8 Å². The van der Waals surface area contributed by atoms with E-state index in [1.165, 1.54) is 4.90 Å². The first-order valence-electron chi connectivity index (χ1n) is 5.88. The Morgan fingerprint density at radius 1 is 1.50 bits per heavy atom. The molecule has 0 aliphatic carbocycles.